The van der Waals surface area contributed by atoms with Crippen LogP contribution in [0.2, 0.25) is 0 Å². The molecule has 0 spiro atoms. The molecular formula is C19H25N5O2. The topological polar surface area (TPSA) is 76.2 Å². The minimum atomic E-state index is -0.165. The molecule has 0 bridgehead atoms. The van der Waals surface area contributed by atoms with E-state index in [0.29, 0.717) is 5.76 Å². The highest BCUT2D eigenvalue weighted by Crippen LogP contribution is 2.25. The van der Waals surface area contributed by atoms with Gasteiger partial charge in [0.05, 0.1) is 24.5 Å². The van der Waals surface area contributed by atoms with E-state index >= 15 is 0 Å². The fourth-order valence-corrected chi connectivity index (χ4v) is 3.97. The average Bonchev–Trinajstić information content (AvgIpc) is 3.37. The Kier molecular flexibility index (Phi) is 4.88. The maximum atomic E-state index is 12.6. The molecule has 2 atom stereocenters. The zero-order valence-corrected chi connectivity index (χ0v) is 15.1. The van der Waals surface area contributed by atoms with E-state index in [1.54, 1.807) is 18.5 Å². The summed E-state index contributed by atoms with van der Waals surface area (Å²) in [5, 5.41) is 11.3. The summed E-state index contributed by atoms with van der Waals surface area (Å²) in [6.07, 6.45) is 12.4. The number of amides is 1. The molecule has 0 radical (unpaired) electrons. The number of hydrogen-bond acceptors (Lipinski definition) is 5. The van der Waals surface area contributed by atoms with Gasteiger partial charge in [0.1, 0.15) is 0 Å². The van der Waals surface area contributed by atoms with Gasteiger partial charge in [0.25, 0.3) is 5.91 Å². The normalized spacial score (nSPS) is 23.8. The molecule has 0 unspecified atom stereocenters. The second-order valence-corrected chi connectivity index (χ2v) is 7.27. The van der Waals surface area contributed by atoms with Crippen LogP contribution in [0.1, 0.15) is 47.8 Å². The maximum Gasteiger partial charge on any atom is 0.287 e. The van der Waals surface area contributed by atoms with Gasteiger partial charge in [0.2, 0.25) is 0 Å². The van der Waals surface area contributed by atoms with Gasteiger partial charge in [-0.15, -0.1) is 5.10 Å². The van der Waals surface area contributed by atoms with E-state index in [2.05, 4.69) is 26.6 Å². The summed E-state index contributed by atoms with van der Waals surface area (Å²) in [6, 6.07) is 1.85. The standard InChI is InChI=1S/C19H25N5O2/c1-14-7-10-26-18(14)19(25)21-16-12-23(11-15-5-3-2-4-6-15)13-17(16)24-9-8-20-22-24/h5,7-10,16-17H,2-4,6,11-13H2,1H3,(H,21,25)/t16-,17+/m1/s1. The fourth-order valence-electron chi connectivity index (χ4n) is 3.97. The molecule has 2 aliphatic rings. The van der Waals surface area contributed by atoms with Gasteiger partial charge in [0, 0.05) is 31.4 Å². The Bertz CT molecular complexity index is 780. The molecule has 138 valence electrons. The second kappa shape index (κ2) is 7.45. The maximum absolute atomic E-state index is 12.6. The van der Waals surface area contributed by atoms with Crippen LogP contribution in [-0.2, 0) is 0 Å². The van der Waals surface area contributed by atoms with E-state index in [9.17, 15) is 4.79 Å². The fraction of sp³-hybridized carbons (Fsp3) is 0.526. The van der Waals surface area contributed by atoms with Gasteiger partial charge < -0.3 is 9.73 Å². The number of nitrogens with zero attached hydrogens (tertiary/aromatic N) is 4. The Morgan fingerprint density at radius 3 is 3.00 bits per heavy atom. The van der Waals surface area contributed by atoms with Crippen LogP contribution in [0, 0.1) is 6.92 Å². The first-order valence-corrected chi connectivity index (χ1v) is 9.32. The van der Waals surface area contributed by atoms with Crippen molar-refractivity contribution in [2.24, 2.45) is 0 Å². The minimum absolute atomic E-state index is 0.0297. The molecule has 1 saturated heterocycles. The Morgan fingerprint density at radius 2 is 2.31 bits per heavy atom. The summed E-state index contributed by atoms with van der Waals surface area (Å²) in [6.45, 7) is 4.50. The van der Waals surface area contributed by atoms with Crippen LogP contribution < -0.4 is 5.32 Å². The van der Waals surface area contributed by atoms with E-state index in [0.717, 1.165) is 25.2 Å². The van der Waals surface area contributed by atoms with Crippen LogP contribution in [0.3, 0.4) is 0 Å². The number of hydrogen-bond donors (Lipinski definition) is 1. The summed E-state index contributed by atoms with van der Waals surface area (Å²) in [5.41, 5.74) is 2.37. The van der Waals surface area contributed by atoms with E-state index in [1.807, 2.05) is 17.8 Å². The second-order valence-electron chi connectivity index (χ2n) is 7.27. The first kappa shape index (κ1) is 17.0. The molecule has 3 heterocycles. The SMILES string of the molecule is Cc1ccoc1C(=O)N[C@@H]1CN(CC2=CCCCC2)C[C@@H]1n1ccnn1. The highest BCUT2D eigenvalue weighted by Gasteiger charge is 2.36. The third-order valence-corrected chi connectivity index (χ3v) is 5.34. The predicted octanol–water partition coefficient (Wildman–Crippen LogP) is 2.34. The molecule has 7 nitrogen and oxygen atoms in total. The number of nitrogens with one attached hydrogen (secondary N) is 1. The summed E-state index contributed by atoms with van der Waals surface area (Å²) >= 11 is 0. The van der Waals surface area contributed by atoms with Gasteiger partial charge in [0.15, 0.2) is 5.76 Å². The summed E-state index contributed by atoms with van der Waals surface area (Å²) < 4.78 is 7.20. The largest absolute Gasteiger partial charge is 0.459 e. The molecule has 1 N–H and O–H groups in total. The summed E-state index contributed by atoms with van der Waals surface area (Å²) in [5.74, 6) is 0.220. The van der Waals surface area contributed by atoms with Crippen molar-refractivity contribution < 1.29 is 9.21 Å². The number of furan rings is 1. The molecule has 2 aromatic heterocycles. The van der Waals surface area contributed by atoms with Crippen LogP contribution in [0.4, 0.5) is 0 Å². The number of likely N-dealkylation sites (tertiary alicyclic amines) is 1. The molecule has 1 aliphatic carbocycles. The highest BCUT2D eigenvalue weighted by molar-refractivity contribution is 5.93. The van der Waals surface area contributed by atoms with Crippen LogP contribution in [-0.4, -0.2) is 51.5 Å². The van der Waals surface area contributed by atoms with E-state index < -0.39 is 0 Å². The molecule has 26 heavy (non-hydrogen) atoms. The predicted molar refractivity (Wildman–Crippen MR) is 96.7 cm³/mol. The molecule has 1 fully saturated rings. The van der Waals surface area contributed by atoms with Gasteiger partial charge >= 0.3 is 0 Å². The van der Waals surface area contributed by atoms with Crippen LogP contribution in [0.15, 0.2) is 40.8 Å². The number of carbonyl (C=O) groups excluding carboxylic acids is 1. The van der Waals surface area contributed by atoms with Crippen LogP contribution in [0.5, 0.6) is 0 Å². The monoisotopic (exact) mass is 355 g/mol. The Balaban J connectivity index is 1.48. The Hall–Kier alpha value is -2.41. The van der Waals surface area contributed by atoms with Crippen molar-refractivity contribution in [3.8, 4) is 0 Å². The number of aromatic nitrogens is 3. The lowest BCUT2D eigenvalue weighted by Gasteiger charge is -2.20. The van der Waals surface area contributed by atoms with E-state index in [1.165, 1.54) is 31.3 Å². The summed E-state index contributed by atoms with van der Waals surface area (Å²) in [7, 11) is 0. The molecule has 1 aliphatic heterocycles. The third kappa shape index (κ3) is 3.58. The van der Waals surface area contributed by atoms with Crippen LogP contribution >= 0.6 is 0 Å². The molecular weight excluding hydrogens is 330 g/mol. The molecule has 7 heteroatoms. The summed E-state index contributed by atoms with van der Waals surface area (Å²) in [4.78, 5) is 15.0. The average molecular weight is 355 g/mol. The molecule has 0 aromatic carbocycles. The van der Waals surface area contributed by atoms with Crippen LogP contribution in [0.25, 0.3) is 0 Å². The Morgan fingerprint density at radius 1 is 1.38 bits per heavy atom. The minimum Gasteiger partial charge on any atom is -0.459 e. The molecule has 4 rings (SSSR count). The van der Waals surface area contributed by atoms with Crippen molar-refractivity contribution in [2.75, 3.05) is 19.6 Å². The number of aryl methyl sites for hydroxylation is 1. The van der Waals surface area contributed by atoms with Crippen molar-refractivity contribution in [2.45, 2.75) is 44.7 Å². The number of rotatable bonds is 5. The number of carbonyl (C=O) groups is 1. The zero-order valence-electron chi connectivity index (χ0n) is 15.1. The van der Waals surface area contributed by atoms with Gasteiger partial charge in [-0.05, 0) is 38.7 Å². The first-order valence-electron chi connectivity index (χ1n) is 9.32. The molecule has 2 aromatic rings. The van der Waals surface area contributed by atoms with Gasteiger partial charge in [-0.1, -0.05) is 16.9 Å². The van der Waals surface area contributed by atoms with Gasteiger partial charge in [-0.3, -0.25) is 9.69 Å². The lowest BCUT2D eigenvalue weighted by atomic mass is 9.99. The molecule has 1 amide bonds. The quantitative estimate of drug-likeness (QED) is 0.833. The Labute approximate surface area is 153 Å². The third-order valence-electron chi connectivity index (χ3n) is 5.34. The van der Waals surface area contributed by atoms with E-state index in [4.69, 9.17) is 4.42 Å². The van der Waals surface area contributed by atoms with Gasteiger partial charge in [-0.25, -0.2) is 4.68 Å². The van der Waals surface area contributed by atoms with Gasteiger partial charge in [-0.2, -0.15) is 0 Å². The van der Waals surface area contributed by atoms with Crippen molar-refractivity contribution in [3.63, 3.8) is 0 Å². The van der Waals surface area contributed by atoms with Crippen molar-refractivity contribution in [3.05, 3.63) is 47.7 Å². The highest BCUT2D eigenvalue weighted by atomic mass is 16.3. The van der Waals surface area contributed by atoms with Crippen molar-refractivity contribution in [1.29, 1.82) is 0 Å². The lowest BCUT2D eigenvalue weighted by molar-refractivity contribution is 0.0900. The van der Waals surface area contributed by atoms with Crippen molar-refractivity contribution >= 4 is 5.91 Å². The van der Waals surface area contributed by atoms with E-state index in [-0.39, 0.29) is 18.0 Å². The zero-order chi connectivity index (χ0) is 17.9. The lowest BCUT2D eigenvalue weighted by Crippen LogP contribution is -2.41. The first-order chi connectivity index (χ1) is 12.7. The number of allylic oxidation sites excluding steroid dienone is 1. The smallest absolute Gasteiger partial charge is 0.287 e. The molecule has 0 saturated carbocycles. The van der Waals surface area contributed by atoms with Crippen molar-refractivity contribution in [1.82, 2.24) is 25.2 Å².